The minimum Gasteiger partial charge on any atom is -0.371 e. The fourth-order valence-corrected chi connectivity index (χ4v) is 3.20. The summed E-state index contributed by atoms with van der Waals surface area (Å²) in [4.78, 5) is 13.9. The summed E-state index contributed by atoms with van der Waals surface area (Å²) in [5.74, 6) is 0.775. The number of rotatable bonds is 2. The van der Waals surface area contributed by atoms with Crippen molar-refractivity contribution in [3.8, 4) is 0 Å². The van der Waals surface area contributed by atoms with E-state index >= 15 is 0 Å². The standard InChI is InChI=1S/C8H10N6O2P/c1-16-7-3(17(7)15)6-11-2-4(9)12-8(10)14-5(2)13-6/h3,7H,1H3,(H5,9,10,11,12,13,14)/q+1/p+1. The Bertz CT molecular complexity index is 626. The number of nitrogens with two attached hydrogens (primary N) is 2. The molecule has 17 heavy (non-hydrogen) atoms. The number of aromatic nitrogens is 4. The Morgan fingerprint density at radius 3 is 2.88 bits per heavy atom. The zero-order chi connectivity index (χ0) is 12.2. The maximum absolute atomic E-state index is 11.6. The molecule has 9 heteroatoms. The van der Waals surface area contributed by atoms with Crippen molar-refractivity contribution in [2.75, 3.05) is 18.6 Å². The van der Waals surface area contributed by atoms with Gasteiger partial charge in [0.25, 0.3) is 11.3 Å². The van der Waals surface area contributed by atoms with Crippen LogP contribution in [0.25, 0.3) is 11.2 Å². The van der Waals surface area contributed by atoms with Gasteiger partial charge in [0, 0.05) is 7.11 Å². The highest BCUT2D eigenvalue weighted by Crippen LogP contribution is 2.67. The quantitative estimate of drug-likeness (QED) is 0.635. The molecule has 0 saturated carbocycles. The number of nitrogens with zero attached hydrogens (tertiary/aromatic N) is 2. The van der Waals surface area contributed by atoms with E-state index < -0.39 is 7.80 Å². The third-order valence-electron chi connectivity index (χ3n) is 2.69. The summed E-state index contributed by atoms with van der Waals surface area (Å²) in [6.45, 7) is 0. The summed E-state index contributed by atoms with van der Waals surface area (Å²) >= 11 is 0. The van der Waals surface area contributed by atoms with Gasteiger partial charge in [-0.1, -0.05) is 9.55 Å². The Labute approximate surface area is 96.6 Å². The van der Waals surface area contributed by atoms with E-state index in [-0.39, 0.29) is 23.3 Å². The average molecular weight is 254 g/mol. The highest BCUT2D eigenvalue weighted by Gasteiger charge is 2.70. The fourth-order valence-electron chi connectivity index (χ4n) is 1.82. The molecule has 0 aromatic carbocycles. The monoisotopic (exact) mass is 254 g/mol. The average Bonchev–Trinajstić information content (AvgIpc) is 2.73. The minimum absolute atomic E-state index is 0.191. The van der Waals surface area contributed by atoms with Gasteiger partial charge < -0.3 is 21.2 Å². The Balaban J connectivity index is 2.09. The number of hydrogen-bond donors (Lipinski definition) is 3. The van der Waals surface area contributed by atoms with Crippen molar-refractivity contribution in [3.05, 3.63) is 5.82 Å². The van der Waals surface area contributed by atoms with Crippen LogP contribution in [0.2, 0.25) is 0 Å². The SMILES string of the molecule is COC1C(c2nc3[nH+]c(N)nc(N)c3[nH]2)[P+]1=O. The molecule has 1 aliphatic heterocycles. The van der Waals surface area contributed by atoms with E-state index in [4.69, 9.17) is 16.2 Å². The molecule has 0 amide bonds. The van der Waals surface area contributed by atoms with Gasteiger partial charge >= 0.3 is 19.6 Å². The summed E-state index contributed by atoms with van der Waals surface area (Å²) in [5, 5.41) is 0. The number of aromatic amines is 2. The van der Waals surface area contributed by atoms with Gasteiger partial charge in [-0.3, -0.25) is 0 Å². The van der Waals surface area contributed by atoms with Crippen LogP contribution in [0.5, 0.6) is 0 Å². The second-order valence-corrected chi connectivity index (χ2v) is 5.57. The molecule has 8 nitrogen and oxygen atoms in total. The predicted molar refractivity (Wildman–Crippen MR) is 60.4 cm³/mol. The van der Waals surface area contributed by atoms with Crippen LogP contribution in [-0.2, 0) is 9.30 Å². The van der Waals surface area contributed by atoms with Crippen molar-refractivity contribution < 1.29 is 14.3 Å². The van der Waals surface area contributed by atoms with E-state index in [1.54, 1.807) is 0 Å². The van der Waals surface area contributed by atoms with Gasteiger partial charge in [-0.2, -0.15) is 0 Å². The number of hydrogen-bond acceptors (Lipinski definition) is 6. The highest BCUT2D eigenvalue weighted by molar-refractivity contribution is 7.54. The summed E-state index contributed by atoms with van der Waals surface area (Å²) < 4.78 is 16.6. The molecule has 3 heterocycles. The molecule has 1 fully saturated rings. The first-order valence-electron chi connectivity index (χ1n) is 4.94. The van der Waals surface area contributed by atoms with Crippen LogP contribution in [-0.4, -0.2) is 27.9 Å². The number of nitrogens with one attached hydrogen (secondary N) is 2. The fraction of sp³-hybridized carbons (Fsp3) is 0.375. The van der Waals surface area contributed by atoms with E-state index in [0.717, 1.165) is 0 Å². The summed E-state index contributed by atoms with van der Waals surface area (Å²) in [6.07, 6.45) is 0. The van der Waals surface area contributed by atoms with Gasteiger partial charge in [0.05, 0.1) is 0 Å². The second-order valence-electron chi connectivity index (χ2n) is 3.78. The Kier molecular flexibility index (Phi) is 2.04. The van der Waals surface area contributed by atoms with Gasteiger partial charge in [-0.25, -0.2) is 4.98 Å². The molecule has 1 aliphatic rings. The first-order chi connectivity index (χ1) is 8.11. The number of ether oxygens (including phenoxy) is 1. The van der Waals surface area contributed by atoms with Gasteiger partial charge in [0.15, 0.2) is 5.52 Å². The molecule has 1 saturated heterocycles. The molecule has 88 valence electrons. The Hall–Kier alpha value is -1.79. The topological polar surface area (TPSA) is 134 Å². The molecule has 6 N–H and O–H groups in total. The summed E-state index contributed by atoms with van der Waals surface area (Å²) in [6, 6.07) is 0. The summed E-state index contributed by atoms with van der Waals surface area (Å²) in [7, 11) is 0.128. The van der Waals surface area contributed by atoms with Crippen molar-refractivity contribution in [2.45, 2.75) is 11.5 Å². The number of fused-ring (bicyclic) bond motifs is 1. The van der Waals surface area contributed by atoms with Crippen LogP contribution >= 0.6 is 7.80 Å². The second kappa shape index (κ2) is 3.35. The Morgan fingerprint density at radius 1 is 1.47 bits per heavy atom. The third kappa shape index (κ3) is 1.45. The smallest absolute Gasteiger partial charge is 0.371 e. The lowest BCUT2D eigenvalue weighted by molar-refractivity contribution is -0.333. The van der Waals surface area contributed by atoms with E-state index in [0.29, 0.717) is 17.0 Å². The lowest BCUT2D eigenvalue weighted by Crippen LogP contribution is -2.15. The lowest BCUT2D eigenvalue weighted by Gasteiger charge is -1.88. The summed E-state index contributed by atoms with van der Waals surface area (Å²) in [5.41, 5.74) is 12.1. The first-order valence-corrected chi connectivity index (χ1v) is 6.33. The molecule has 3 unspecified atom stereocenters. The largest absolute Gasteiger partial charge is 0.395 e. The van der Waals surface area contributed by atoms with Crippen LogP contribution in [0, 0.1) is 0 Å². The van der Waals surface area contributed by atoms with E-state index in [1.807, 2.05) is 0 Å². The molecule has 2 aromatic heterocycles. The van der Waals surface area contributed by atoms with Crippen molar-refractivity contribution in [1.29, 1.82) is 0 Å². The van der Waals surface area contributed by atoms with E-state index in [2.05, 4.69) is 19.9 Å². The highest BCUT2D eigenvalue weighted by atomic mass is 31.1. The molecular weight excluding hydrogens is 243 g/mol. The van der Waals surface area contributed by atoms with Crippen LogP contribution in [0.1, 0.15) is 11.5 Å². The van der Waals surface area contributed by atoms with Crippen molar-refractivity contribution in [2.24, 2.45) is 0 Å². The van der Waals surface area contributed by atoms with Crippen LogP contribution < -0.4 is 16.5 Å². The van der Waals surface area contributed by atoms with Crippen LogP contribution in [0.4, 0.5) is 11.8 Å². The van der Waals surface area contributed by atoms with Gasteiger partial charge in [0.2, 0.25) is 11.6 Å². The van der Waals surface area contributed by atoms with Gasteiger partial charge in [-0.15, -0.1) is 4.98 Å². The predicted octanol–water partition coefficient (Wildman–Crippen LogP) is -0.209. The van der Waals surface area contributed by atoms with E-state index in [9.17, 15) is 4.57 Å². The number of H-pyrrole nitrogens is 2. The molecule has 2 aromatic rings. The molecule has 3 atom stereocenters. The zero-order valence-corrected chi connectivity index (χ0v) is 9.86. The molecule has 0 radical (unpaired) electrons. The van der Waals surface area contributed by atoms with Gasteiger partial charge in [0.1, 0.15) is 0 Å². The number of anilines is 2. The maximum atomic E-state index is 11.6. The number of nitrogen functional groups attached to an aromatic ring is 2. The number of imidazole rings is 1. The van der Waals surface area contributed by atoms with Crippen molar-refractivity contribution in [3.63, 3.8) is 0 Å². The van der Waals surface area contributed by atoms with Crippen molar-refractivity contribution >= 4 is 30.7 Å². The van der Waals surface area contributed by atoms with Crippen LogP contribution in [0.15, 0.2) is 0 Å². The lowest BCUT2D eigenvalue weighted by atomic mass is 10.4. The molecule has 0 bridgehead atoms. The third-order valence-corrected chi connectivity index (χ3v) is 4.42. The minimum atomic E-state index is -1.40. The molecule has 3 rings (SSSR count). The molecule has 0 aliphatic carbocycles. The van der Waals surface area contributed by atoms with E-state index in [1.165, 1.54) is 7.11 Å². The first kappa shape index (κ1) is 10.4. The van der Waals surface area contributed by atoms with Crippen LogP contribution in [0.3, 0.4) is 0 Å². The normalized spacial score (nSPS) is 25.4. The Morgan fingerprint density at radius 2 is 2.24 bits per heavy atom. The number of methoxy groups -OCH3 is 1. The van der Waals surface area contributed by atoms with Gasteiger partial charge in [-0.05, 0) is 0 Å². The zero-order valence-electron chi connectivity index (χ0n) is 8.97. The van der Waals surface area contributed by atoms with Crippen molar-refractivity contribution in [1.82, 2.24) is 15.0 Å². The maximum Gasteiger partial charge on any atom is 0.395 e. The molecular formula is C8H11N6O2P+2. The molecule has 0 spiro atoms.